The monoisotopic (exact) mass is 410 g/mol. The van der Waals surface area contributed by atoms with Crippen molar-refractivity contribution in [3.63, 3.8) is 0 Å². The Balaban J connectivity index is 1.40. The molecule has 2 atom stereocenters. The Bertz CT molecular complexity index is 1010. The van der Waals surface area contributed by atoms with Gasteiger partial charge in [0, 0.05) is 17.8 Å². The van der Waals surface area contributed by atoms with Gasteiger partial charge in [0.15, 0.2) is 11.0 Å². The van der Waals surface area contributed by atoms with Crippen molar-refractivity contribution in [3.8, 4) is 10.7 Å². The van der Waals surface area contributed by atoms with Crippen LogP contribution in [0.2, 0.25) is 0 Å². The molecule has 1 amide bonds. The van der Waals surface area contributed by atoms with E-state index < -0.39 is 0 Å². The van der Waals surface area contributed by atoms with E-state index in [9.17, 15) is 4.79 Å². The molecule has 0 spiro atoms. The lowest BCUT2D eigenvalue weighted by Gasteiger charge is -2.25. The third kappa shape index (κ3) is 3.06. The van der Waals surface area contributed by atoms with Crippen LogP contribution in [0.25, 0.3) is 10.7 Å². The molecule has 5 rings (SSSR count). The number of carbonyl (C=O) groups excluding carboxylic acids is 1. The van der Waals surface area contributed by atoms with Crippen LogP contribution in [0.15, 0.2) is 46.9 Å². The molecule has 0 unspecified atom stereocenters. The fourth-order valence-corrected chi connectivity index (χ4v) is 5.57. The first-order valence-corrected chi connectivity index (χ1v) is 11.5. The summed E-state index contributed by atoms with van der Waals surface area (Å²) in [6.07, 6.45) is 3.23. The van der Waals surface area contributed by atoms with E-state index in [1.165, 1.54) is 17.3 Å². The molecule has 2 aliphatic rings. The van der Waals surface area contributed by atoms with Crippen molar-refractivity contribution in [2.24, 2.45) is 0 Å². The average Bonchev–Trinajstić information content (AvgIpc) is 3.09. The number of carbonyl (C=O) groups is 1. The smallest absolute Gasteiger partial charge is 0.240 e. The lowest BCUT2D eigenvalue weighted by Crippen LogP contribution is -2.40. The van der Waals surface area contributed by atoms with Crippen LogP contribution in [0.1, 0.15) is 38.3 Å². The van der Waals surface area contributed by atoms with Crippen LogP contribution >= 0.6 is 23.1 Å². The highest BCUT2D eigenvalue weighted by atomic mass is 32.2. The highest BCUT2D eigenvalue weighted by molar-refractivity contribution is 8.00. The van der Waals surface area contributed by atoms with Crippen molar-refractivity contribution < 1.29 is 4.79 Å². The number of anilines is 1. The molecule has 7 heteroatoms. The molecule has 1 aliphatic carbocycles. The van der Waals surface area contributed by atoms with Crippen molar-refractivity contribution in [2.75, 3.05) is 4.90 Å². The Labute approximate surface area is 172 Å². The van der Waals surface area contributed by atoms with E-state index >= 15 is 0 Å². The van der Waals surface area contributed by atoms with Gasteiger partial charge in [-0.1, -0.05) is 36.0 Å². The highest BCUT2D eigenvalue weighted by Crippen LogP contribution is 2.43. The number of nitrogens with zero attached hydrogens (tertiary/aromatic N) is 4. The summed E-state index contributed by atoms with van der Waals surface area (Å²) >= 11 is 3.21. The van der Waals surface area contributed by atoms with E-state index in [0.717, 1.165) is 40.8 Å². The van der Waals surface area contributed by atoms with Gasteiger partial charge in [-0.05, 0) is 56.2 Å². The maximum absolute atomic E-state index is 13.3. The molecule has 1 saturated carbocycles. The van der Waals surface area contributed by atoms with Crippen molar-refractivity contribution in [1.29, 1.82) is 0 Å². The number of rotatable bonds is 5. The molecule has 0 N–H and O–H groups in total. The molecule has 144 valence electrons. The number of hydrogen-bond acceptors (Lipinski definition) is 5. The minimum atomic E-state index is -0.216. The first-order chi connectivity index (χ1) is 13.6. The van der Waals surface area contributed by atoms with Crippen LogP contribution < -0.4 is 4.90 Å². The summed E-state index contributed by atoms with van der Waals surface area (Å²) in [7, 11) is 0. The van der Waals surface area contributed by atoms with Crippen LogP contribution in [-0.4, -0.2) is 32.0 Å². The highest BCUT2D eigenvalue weighted by Gasteiger charge is 2.36. The average molecular weight is 411 g/mol. The Kier molecular flexibility index (Phi) is 4.51. The first-order valence-electron chi connectivity index (χ1n) is 9.70. The summed E-state index contributed by atoms with van der Waals surface area (Å²) in [5, 5.41) is 11.6. The lowest BCUT2D eigenvalue weighted by atomic mass is 10.1. The number of benzene rings is 1. The number of hydrogen-bond donors (Lipinski definition) is 0. The van der Waals surface area contributed by atoms with Crippen molar-refractivity contribution in [1.82, 2.24) is 14.8 Å². The zero-order valence-corrected chi connectivity index (χ0v) is 17.5. The Morgan fingerprint density at radius 2 is 2.04 bits per heavy atom. The van der Waals surface area contributed by atoms with Gasteiger partial charge < -0.3 is 4.90 Å². The van der Waals surface area contributed by atoms with Crippen molar-refractivity contribution in [2.45, 2.75) is 55.6 Å². The SMILES string of the molecule is C[C@@H]1Cc2ccccc2N1C(=O)[C@@H](C)Sc1nnc(-c2cccs2)n1C1CC1. The molecule has 0 radical (unpaired) electrons. The maximum Gasteiger partial charge on any atom is 0.240 e. The molecule has 0 bridgehead atoms. The number of fused-ring (bicyclic) bond motifs is 1. The van der Waals surface area contributed by atoms with Gasteiger partial charge in [-0.15, -0.1) is 21.5 Å². The molecule has 1 aromatic carbocycles. The number of para-hydroxylation sites is 1. The van der Waals surface area contributed by atoms with Gasteiger partial charge >= 0.3 is 0 Å². The van der Waals surface area contributed by atoms with Crippen LogP contribution in [0.4, 0.5) is 5.69 Å². The van der Waals surface area contributed by atoms with Gasteiger partial charge in [0.05, 0.1) is 10.1 Å². The third-order valence-corrected chi connectivity index (χ3v) is 7.30. The molecule has 0 saturated heterocycles. The van der Waals surface area contributed by atoms with Gasteiger partial charge in [0.1, 0.15) is 0 Å². The van der Waals surface area contributed by atoms with Gasteiger partial charge in [-0.2, -0.15) is 0 Å². The van der Waals surface area contributed by atoms with E-state index in [-0.39, 0.29) is 17.2 Å². The number of aromatic nitrogens is 3. The number of amides is 1. The first kappa shape index (κ1) is 17.9. The summed E-state index contributed by atoms with van der Waals surface area (Å²) in [5.41, 5.74) is 2.30. The second-order valence-electron chi connectivity index (χ2n) is 7.53. The van der Waals surface area contributed by atoms with Crippen LogP contribution in [0.3, 0.4) is 0 Å². The van der Waals surface area contributed by atoms with E-state index in [0.29, 0.717) is 6.04 Å². The lowest BCUT2D eigenvalue weighted by molar-refractivity contribution is -0.118. The number of thioether (sulfide) groups is 1. The van der Waals surface area contributed by atoms with Gasteiger partial charge in [-0.3, -0.25) is 9.36 Å². The quantitative estimate of drug-likeness (QED) is 0.567. The molecule has 5 nitrogen and oxygen atoms in total. The Morgan fingerprint density at radius 1 is 1.21 bits per heavy atom. The van der Waals surface area contributed by atoms with Crippen LogP contribution in [0, 0.1) is 0 Å². The van der Waals surface area contributed by atoms with Crippen LogP contribution in [0.5, 0.6) is 0 Å². The molecule has 2 aromatic heterocycles. The molecular formula is C21H22N4OS2. The molecule has 1 aliphatic heterocycles. The maximum atomic E-state index is 13.3. The van der Waals surface area contributed by atoms with E-state index in [2.05, 4.69) is 45.3 Å². The minimum absolute atomic E-state index is 0.144. The molecular weight excluding hydrogens is 388 g/mol. The van der Waals surface area contributed by atoms with E-state index in [4.69, 9.17) is 0 Å². The van der Waals surface area contributed by atoms with Crippen molar-refractivity contribution in [3.05, 3.63) is 47.3 Å². The van der Waals surface area contributed by atoms with E-state index in [1.807, 2.05) is 30.0 Å². The normalized spacial score (nSPS) is 19.6. The van der Waals surface area contributed by atoms with Gasteiger partial charge in [-0.25, -0.2) is 0 Å². The fourth-order valence-electron chi connectivity index (χ4n) is 3.90. The van der Waals surface area contributed by atoms with Gasteiger partial charge in [0.25, 0.3) is 0 Å². The zero-order chi connectivity index (χ0) is 19.3. The Morgan fingerprint density at radius 3 is 2.79 bits per heavy atom. The number of thiophene rings is 1. The third-order valence-electron chi connectivity index (χ3n) is 5.39. The second-order valence-corrected chi connectivity index (χ2v) is 9.79. The zero-order valence-electron chi connectivity index (χ0n) is 15.9. The molecule has 3 aromatic rings. The summed E-state index contributed by atoms with van der Waals surface area (Å²) in [5.74, 6) is 1.07. The standard InChI is InChI=1S/C21H22N4OS2/c1-13-12-15-6-3-4-7-17(15)24(13)20(26)14(2)28-21-23-22-19(18-8-5-11-27-18)25(21)16-9-10-16/h3-8,11,13-14,16H,9-10,12H2,1-2H3/t13-,14-/m1/s1. The Hall–Kier alpha value is -2.12. The topological polar surface area (TPSA) is 51.0 Å². The summed E-state index contributed by atoms with van der Waals surface area (Å²) in [6, 6.07) is 13.0. The van der Waals surface area contributed by atoms with Crippen molar-refractivity contribution >= 4 is 34.7 Å². The minimum Gasteiger partial charge on any atom is -0.308 e. The molecule has 3 heterocycles. The molecule has 28 heavy (non-hydrogen) atoms. The predicted octanol–water partition coefficient (Wildman–Crippen LogP) is 4.80. The summed E-state index contributed by atoms with van der Waals surface area (Å²) in [6.45, 7) is 4.11. The predicted molar refractivity (Wildman–Crippen MR) is 114 cm³/mol. The summed E-state index contributed by atoms with van der Waals surface area (Å²) < 4.78 is 2.24. The fraction of sp³-hybridized carbons (Fsp3) is 0.381. The van der Waals surface area contributed by atoms with Crippen LogP contribution in [-0.2, 0) is 11.2 Å². The summed E-state index contributed by atoms with van der Waals surface area (Å²) in [4.78, 5) is 16.4. The second kappa shape index (κ2) is 7.04. The van der Waals surface area contributed by atoms with E-state index in [1.54, 1.807) is 11.3 Å². The van der Waals surface area contributed by atoms with Gasteiger partial charge in [0.2, 0.25) is 5.91 Å². The molecule has 1 fully saturated rings. The largest absolute Gasteiger partial charge is 0.308 e.